The number of anilines is 1. The van der Waals surface area contributed by atoms with E-state index in [1.807, 2.05) is 39.7 Å². The molecular weight excluding hydrogens is 366 g/mol. The van der Waals surface area contributed by atoms with Gasteiger partial charge in [0.1, 0.15) is 18.4 Å². The molecule has 2 atom stereocenters. The highest BCUT2D eigenvalue weighted by Gasteiger charge is 2.57. The Kier molecular flexibility index (Phi) is 3.68. The number of amides is 1. The summed E-state index contributed by atoms with van der Waals surface area (Å²) in [5, 5.41) is 4.35. The summed E-state index contributed by atoms with van der Waals surface area (Å²) < 4.78 is 8.31. The SMILES string of the molecule is O=C1N2[C@@H](CC[C@H]2c2ccccc2)OC12CCN(c1cccc3ncnn13)CC2. The van der Waals surface area contributed by atoms with Crippen LogP contribution in [-0.2, 0) is 9.53 Å². The number of pyridine rings is 1. The molecule has 29 heavy (non-hydrogen) atoms. The van der Waals surface area contributed by atoms with Crippen LogP contribution in [0, 0.1) is 0 Å². The first kappa shape index (κ1) is 17.0. The Hall–Kier alpha value is -2.93. The maximum Gasteiger partial charge on any atom is 0.257 e. The lowest BCUT2D eigenvalue weighted by atomic mass is 9.89. The molecule has 7 nitrogen and oxygen atoms in total. The van der Waals surface area contributed by atoms with Gasteiger partial charge in [0.2, 0.25) is 0 Å². The Labute approximate surface area is 168 Å². The number of hydrogen-bond donors (Lipinski definition) is 0. The molecule has 3 aliphatic rings. The fraction of sp³-hybridized carbons (Fsp3) is 0.409. The van der Waals surface area contributed by atoms with Crippen molar-refractivity contribution in [2.24, 2.45) is 0 Å². The van der Waals surface area contributed by atoms with Crippen molar-refractivity contribution in [2.45, 2.75) is 43.6 Å². The summed E-state index contributed by atoms with van der Waals surface area (Å²) in [5.41, 5.74) is 1.37. The molecule has 0 saturated carbocycles. The number of carbonyl (C=O) groups excluding carboxylic acids is 1. The first-order chi connectivity index (χ1) is 14.3. The largest absolute Gasteiger partial charge is 0.356 e. The number of hydrogen-bond acceptors (Lipinski definition) is 5. The Morgan fingerprint density at radius 3 is 2.66 bits per heavy atom. The minimum atomic E-state index is -0.676. The van der Waals surface area contributed by atoms with Crippen LogP contribution in [0.25, 0.3) is 5.65 Å². The minimum absolute atomic E-state index is 0.0852. The summed E-state index contributed by atoms with van der Waals surface area (Å²) in [7, 11) is 0. The molecule has 6 rings (SSSR count). The summed E-state index contributed by atoms with van der Waals surface area (Å²) in [6.07, 6.45) is 4.77. The van der Waals surface area contributed by atoms with Gasteiger partial charge in [-0.05, 0) is 30.5 Å². The zero-order valence-electron chi connectivity index (χ0n) is 16.1. The van der Waals surface area contributed by atoms with Gasteiger partial charge in [0.15, 0.2) is 11.2 Å². The quantitative estimate of drug-likeness (QED) is 0.674. The van der Waals surface area contributed by atoms with E-state index in [9.17, 15) is 4.79 Å². The number of aromatic nitrogens is 3. The minimum Gasteiger partial charge on any atom is -0.356 e. The maximum atomic E-state index is 13.5. The van der Waals surface area contributed by atoms with Gasteiger partial charge in [-0.3, -0.25) is 4.79 Å². The van der Waals surface area contributed by atoms with Crippen molar-refractivity contribution in [3.05, 3.63) is 60.4 Å². The normalized spacial score (nSPS) is 25.9. The van der Waals surface area contributed by atoms with E-state index in [0.29, 0.717) is 12.8 Å². The van der Waals surface area contributed by atoms with Gasteiger partial charge >= 0.3 is 0 Å². The van der Waals surface area contributed by atoms with E-state index in [1.54, 1.807) is 6.33 Å². The maximum absolute atomic E-state index is 13.5. The third-order valence-electron chi connectivity index (χ3n) is 6.68. The number of ether oxygens (including phenoxy) is 1. The second kappa shape index (κ2) is 6.29. The highest BCUT2D eigenvalue weighted by atomic mass is 16.6. The van der Waals surface area contributed by atoms with Gasteiger partial charge in [0.25, 0.3) is 5.91 Å². The smallest absolute Gasteiger partial charge is 0.257 e. The van der Waals surface area contributed by atoms with Gasteiger partial charge < -0.3 is 14.5 Å². The van der Waals surface area contributed by atoms with Gasteiger partial charge in [-0.25, -0.2) is 4.98 Å². The van der Waals surface area contributed by atoms with E-state index >= 15 is 0 Å². The highest BCUT2D eigenvalue weighted by molar-refractivity contribution is 5.88. The third kappa shape index (κ3) is 2.50. The van der Waals surface area contributed by atoms with Crippen LogP contribution in [0.2, 0.25) is 0 Å². The Balaban J connectivity index is 1.23. The molecule has 0 aliphatic carbocycles. The second-order valence-corrected chi connectivity index (χ2v) is 8.18. The Bertz CT molecular complexity index is 1060. The molecule has 0 N–H and O–H groups in total. The first-order valence-corrected chi connectivity index (χ1v) is 10.3. The predicted molar refractivity (Wildman–Crippen MR) is 107 cm³/mol. The molecule has 148 valence electrons. The fourth-order valence-electron chi connectivity index (χ4n) is 5.22. The molecule has 5 heterocycles. The lowest BCUT2D eigenvalue weighted by Gasteiger charge is -2.38. The molecule has 0 bridgehead atoms. The molecule has 1 amide bonds. The molecule has 1 spiro atoms. The number of rotatable bonds is 2. The average molecular weight is 389 g/mol. The first-order valence-electron chi connectivity index (χ1n) is 10.3. The Morgan fingerprint density at radius 2 is 1.83 bits per heavy atom. The van der Waals surface area contributed by atoms with Crippen LogP contribution >= 0.6 is 0 Å². The topological polar surface area (TPSA) is 63.0 Å². The molecule has 1 aromatic carbocycles. The fourth-order valence-corrected chi connectivity index (χ4v) is 5.22. The number of fused-ring (bicyclic) bond motifs is 2. The lowest BCUT2D eigenvalue weighted by Crippen LogP contribution is -2.50. The molecule has 3 fully saturated rings. The Morgan fingerprint density at radius 1 is 1.00 bits per heavy atom. The number of benzene rings is 1. The standard InChI is InChI=1S/C22H23N5O2/c28-21-22(29-20-10-9-17(26(20)21)16-5-2-1-3-6-16)11-13-25(14-12-22)19-8-4-7-18-23-15-24-27(18)19/h1-8,15,17,20H,9-14H2/t17-,20+/m0/s1. The van der Waals surface area contributed by atoms with Gasteiger partial charge in [0, 0.05) is 25.9 Å². The van der Waals surface area contributed by atoms with Crippen molar-refractivity contribution in [2.75, 3.05) is 18.0 Å². The third-order valence-corrected chi connectivity index (χ3v) is 6.68. The highest BCUT2D eigenvalue weighted by Crippen LogP contribution is 2.47. The summed E-state index contributed by atoms with van der Waals surface area (Å²) >= 11 is 0. The van der Waals surface area contributed by atoms with Crippen LogP contribution in [0.15, 0.2) is 54.9 Å². The number of nitrogens with zero attached hydrogens (tertiary/aromatic N) is 5. The molecule has 3 aromatic rings. The molecule has 3 saturated heterocycles. The van der Waals surface area contributed by atoms with Gasteiger partial charge in [-0.15, -0.1) is 0 Å². The number of piperidine rings is 1. The summed E-state index contributed by atoms with van der Waals surface area (Å²) in [5.74, 6) is 1.19. The van der Waals surface area contributed by atoms with Crippen LogP contribution in [-0.4, -0.2) is 50.3 Å². The number of carbonyl (C=O) groups is 1. The molecule has 3 aliphatic heterocycles. The second-order valence-electron chi connectivity index (χ2n) is 8.18. The van der Waals surface area contributed by atoms with Crippen molar-refractivity contribution in [3.63, 3.8) is 0 Å². The van der Waals surface area contributed by atoms with E-state index < -0.39 is 5.60 Å². The van der Waals surface area contributed by atoms with Crippen LogP contribution in [0.5, 0.6) is 0 Å². The van der Waals surface area contributed by atoms with Crippen molar-refractivity contribution < 1.29 is 9.53 Å². The van der Waals surface area contributed by atoms with E-state index in [0.717, 1.165) is 37.4 Å². The van der Waals surface area contributed by atoms with Crippen LogP contribution in [0.1, 0.15) is 37.3 Å². The molecule has 0 unspecified atom stereocenters. The summed E-state index contributed by atoms with van der Waals surface area (Å²) in [6, 6.07) is 16.5. The van der Waals surface area contributed by atoms with Gasteiger partial charge in [0.05, 0.1) is 6.04 Å². The molecule has 7 heteroatoms. The average Bonchev–Trinajstić information content (AvgIpc) is 3.46. The monoisotopic (exact) mass is 389 g/mol. The zero-order chi connectivity index (χ0) is 19.4. The molecule has 0 radical (unpaired) electrons. The molecular formula is C22H23N5O2. The zero-order valence-corrected chi connectivity index (χ0v) is 16.1. The van der Waals surface area contributed by atoms with Crippen molar-refractivity contribution in [3.8, 4) is 0 Å². The molecule has 2 aromatic heterocycles. The summed E-state index contributed by atoms with van der Waals surface area (Å²) in [4.78, 5) is 22.1. The van der Waals surface area contributed by atoms with Crippen molar-refractivity contribution in [1.29, 1.82) is 0 Å². The van der Waals surface area contributed by atoms with Crippen molar-refractivity contribution in [1.82, 2.24) is 19.5 Å². The van der Waals surface area contributed by atoms with E-state index in [1.165, 1.54) is 5.56 Å². The van der Waals surface area contributed by atoms with Crippen LogP contribution in [0.4, 0.5) is 5.82 Å². The van der Waals surface area contributed by atoms with E-state index in [4.69, 9.17) is 4.74 Å². The summed E-state index contributed by atoms with van der Waals surface area (Å²) in [6.45, 7) is 1.53. The van der Waals surface area contributed by atoms with Crippen LogP contribution < -0.4 is 4.90 Å². The van der Waals surface area contributed by atoms with Gasteiger partial charge in [-0.2, -0.15) is 9.61 Å². The van der Waals surface area contributed by atoms with E-state index in [-0.39, 0.29) is 18.2 Å². The predicted octanol–water partition coefficient (Wildman–Crippen LogP) is 2.79. The van der Waals surface area contributed by atoms with Crippen molar-refractivity contribution >= 4 is 17.4 Å². The van der Waals surface area contributed by atoms with E-state index in [2.05, 4.69) is 33.2 Å². The lowest BCUT2D eigenvalue weighted by molar-refractivity contribution is -0.140. The van der Waals surface area contributed by atoms with Gasteiger partial charge in [-0.1, -0.05) is 36.4 Å². The van der Waals surface area contributed by atoms with Crippen LogP contribution in [0.3, 0.4) is 0 Å².